The topological polar surface area (TPSA) is 195 Å². The molecule has 4 aromatic rings. The minimum Gasteiger partial charge on any atom is -0.477 e. The average molecular weight is 899 g/mol. The lowest BCUT2D eigenvalue weighted by Crippen LogP contribution is -2.56. The summed E-state index contributed by atoms with van der Waals surface area (Å²) in [6.07, 6.45) is 6.81. The van der Waals surface area contributed by atoms with Crippen LogP contribution < -0.4 is 21.7 Å². The normalized spacial score (nSPS) is 20.0. The van der Waals surface area contributed by atoms with Gasteiger partial charge in [-0.15, -0.1) is 0 Å². The molecule has 64 heavy (non-hydrogen) atoms. The van der Waals surface area contributed by atoms with Gasteiger partial charge in [0.15, 0.2) is 5.82 Å². The fraction of sp³-hybridized carbons (Fsp3) is 0.467. The molecule has 2 fully saturated rings. The number of nitrogens with one attached hydrogen (secondary N) is 4. The zero-order chi connectivity index (χ0) is 46.6. The molecule has 0 unspecified atom stereocenters. The number of nitrogens with two attached hydrogens (primary N) is 1. The summed E-state index contributed by atoms with van der Waals surface area (Å²) in [4.78, 5) is 56.6. The summed E-state index contributed by atoms with van der Waals surface area (Å²) < 4.78 is 84.4. The molecule has 0 saturated heterocycles. The SMILES string of the molecule is Cc1cc(C(=O)NC2CCC(N(C)C)CC2)ccc1-c1ccc(C[C@H](NC(=O)C2CCC(CN)CC2)C(=O)Nc2ccc(-c3n[nH]c(C(F)(F)C(F)(F)C(F)(F)C(=O)O)n3)cc2)cc1. The van der Waals surface area contributed by atoms with Crippen molar-refractivity contribution in [1.29, 1.82) is 0 Å². The molecule has 0 aliphatic heterocycles. The molecule has 6 rings (SSSR count). The number of aromatic nitrogens is 3. The summed E-state index contributed by atoms with van der Waals surface area (Å²) in [5.41, 5.74) is 9.99. The van der Waals surface area contributed by atoms with Crippen molar-refractivity contribution in [1.82, 2.24) is 30.7 Å². The number of rotatable bonds is 16. The number of nitrogens with zero attached hydrogens (tertiary/aromatic N) is 3. The number of carboxylic acid groups (broad SMARTS) is 1. The summed E-state index contributed by atoms with van der Waals surface area (Å²) in [5, 5.41) is 22.2. The quantitative estimate of drug-likeness (QED) is 0.0647. The molecule has 1 aromatic heterocycles. The summed E-state index contributed by atoms with van der Waals surface area (Å²) in [6.45, 7) is 2.46. The largest absolute Gasteiger partial charge is 0.477 e. The fourth-order valence-electron chi connectivity index (χ4n) is 8.29. The molecule has 13 nitrogen and oxygen atoms in total. The van der Waals surface area contributed by atoms with E-state index in [4.69, 9.17) is 10.8 Å². The Morgan fingerprint density at radius 3 is 2.06 bits per heavy atom. The molecule has 1 heterocycles. The van der Waals surface area contributed by atoms with E-state index in [-0.39, 0.29) is 41.4 Å². The maximum atomic E-state index is 14.5. The molecule has 0 bridgehead atoms. The highest BCUT2D eigenvalue weighted by Crippen LogP contribution is 2.50. The molecule has 2 saturated carbocycles. The Morgan fingerprint density at radius 2 is 1.48 bits per heavy atom. The molecule has 0 radical (unpaired) electrons. The van der Waals surface area contributed by atoms with E-state index in [1.54, 1.807) is 6.07 Å². The number of H-pyrrole nitrogens is 1. The van der Waals surface area contributed by atoms with Crippen LogP contribution in [0.5, 0.6) is 0 Å². The van der Waals surface area contributed by atoms with Crippen molar-refractivity contribution in [2.75, 3.05) is 26.0 Å². The molecular weight excluding hydrogens is 847 g/mol. The van der Waals surface area contributed by atoms with Gasteiger partial charge in [0, 0.05) is 41.2 Å². The van der Waals surface area contributed by atoms with E-state index in [0.29, 0.717) is 36.9 Å². The first-order valence-corrected chi connectivity index (χ1v) is 21.1. The highest BCUT2D eigenvalue weighted by Gasteiger charge is 2.77. The average Bonchev–Trinajstić information content (AvgIpc) is 3.78. The standard InChI is InChI=1S/C45H52F6N8O5/c1-25-22-31(39(61)53-33-17-19-34(20-18-33)59(2)3)14-21-35(25)28-8-4-26(5-9-28)23-36(55-38(60)30-10-6-27(24-52)7-11-30)40(62)54-32-15-12-29(13-16-32)37-56-41(58-57-37)43(46,47)45(50,51)44(48,49)42(63)64/h4-5,8-9,12-16,21-22,27,30,33-34,36H,6-7,10-11,17-20,23-24,52H2,1-3H3,(H,53,61)(H,54,62)(H,55,60)(H,63,64)(H,56,57,58)/t27?,30?,33?,34?,36-/m0/s1. The number of benzene rings is 3. The Kier molecular flexibility index (Phi) is 14.5. The van der Waals surface area contributed by atoms with E-state index in [0.717, 1.165) is 60.8 Å². The van der Waals surface area contributed by atoms with E-state index < -0.39 is 47.3 Å². The van der Waals surface area contributed by atoms with Crippen LogP contribution in [0.25, 0.3) is 22.5 Å². The summed E-state index contributed by atoms with van der Waals surface area (Å²) in [5.74, 6) is -25.3. The number of aromatic amines is 1. The lowest BCUT2D eigenvalue weighted by Gasteiger charge is -2.33. The van der Waals surface area contributed by atoms with Gasteiger partial charge < -0.3 is 31.7 Å². The van der Waals surface area contributed by atoms with Gasteiger partial charge in [0.1, 0.15) is 6.04 Å². The Hall–Kier alpha value is -5.82. The molecule has 19 heteroatoms. The number of alkyl halides is 6. The van der Waals surface area contributed by atoms with Crippen LogP contribution in [0, 0.1) is 18.8 Å². The number of hydrogen-bond donors (Lipinski definition) is 6. The first-order valence-electron chi connectivity index (χ1n) is 21.1. The Balaban J connectivity index is 1.14. The number of aliphatic carboxylic acids is 1. The predicted octanol–water partition coefficient (Wildman–Crippen LogP) is 6.93. The van der Waals surface area contributed by atoms with Gasteiger partial charge in [0.25, 0.3) is 5.91 Å². The smallest absolute Gasteiger partial charge is 0.411 e. The minimum absolute atomic E-state index is 0.0475. The van der Waals surface area contributed by atoms with E-state index in [2.05, 4.69) is 45.0 Å². The number of halogens is 6. The predicted molar refractivity (Wildman–Crippen MR) is 226 cm³/mol. The summed E-state index contributed by atoms with van der Waals surface area (Å²) in [7, 11) is 4.15. The number of amides is 3. The van der Waals surface area contributed by atoms with Gasteiger partial charge in [-0.05, 0) is 144 Å². The van der Waals surface area contributed by atoms with E-state index >= 15 is 0 Å². The Bertz CT molecular complexity index is 2290. The zero-order valence-corrected chi connectivity index (χ0v) is 35.6. The van der Waals surface area contributed by atoms with Crippen LogP contribution in [0.3, 0.4) is 0 Å². The van der Waals surface area contributed by atoms with Crippen molar-refractivity contribution in [3.63, 3.8) is 0 Å². The van der Waals surface area contributed by atoms with Gasteiger partial charge in [-0.1, -0.05) is 30.3 Å². The van der Waals surface area contributed by atoms with Crippen molar-refractivity contribution < 1.29 is 50.6 Å². The van der Waals surface area contributed by atoms with Crippen molar-refractivity contribution >= 4 is 29.4 Å². The molecule has 0 spiro atoms. The van der Waals surface area contributed by atoms with Crippen molar-refractivity contribution in [3.8, 4) is 22.5 Å². The number of carbonyl (C=O) groups excluding carboxylic acids is 3. The Labute approximate surface area is 366 Å². The van der Waals surface area contributed by atoms with Crippen molar-refractivity contribution in [3.05, 3.63) is 89.2 Å². The Morgan fingerprint density at radius 1 is 0.859 bits per heavy atom. The number of aryl methyl sites for hydroxylation is 1. The molecule has 2 aliphatic carbocycles. The van der Waals surface area contributed by atoms with Gasteiger partial charge in [-0.3, -0.25) is 19.5 Å². The molecule has 2 aliphatic rings. The zero-order valence-electron chi connectivity index (χ0n) is 35.6. The summed E-state index contributed by atoms with van der Waals surface area (Å²) in [6, 6.07) is 17.8. The van der Waals surface area contributed by atoms with Crippen LogP contribution in [0.15, 0.2) is 66.7 Å². The van der Waals surface area contributed by atoms with Gasteiger partial charge in [0.05, 0.1) is 0 Å². The van der Waals surface area contributed by atoms with Crippen molar-refractivity contribution in [2.24, 2.45) is 17.6 Å². The van der Waals surface area contributed by atoms with Crippen LogP contribution in [-0.4, -0.2) is 99.5 Å². The first-order chi connectivity index (χ1) is 30.2. The van der Waals surface area contributed by atoms with Crippen LogP contribution >= 0.6 is 0 Å². The summed E-state index contributed by atoms with van der Waals surface area (Å²) >= 11 is 0. The molecule has 3 aromatic carbocycles. The maximum absolute atomic E-state index is 14.5. The molecule has 3 amide bonds. The van der Waals surface area contributed by atoms with Crippen LogP contribution in [0.1, 0.15) is 78.7 Å². The van der Waals surface area contributed by atoms with E-state index in [9.17, 15) is 45.5 Å². The maximum Gasteiger partial charge on any atom is 0.411 e. The van der Waals surface area contributed by atoms with E-state index in [1.807, 2.05) is 43.3 Å². The fourth-order valence-corrected chi connectivity index (χ4v) is 8.29. The second kappa shape index (κ2) is 19.5. The van der Waals surface area contributed by atoms with E-state index in [1.165, 1.54) is 29.4 Å². The third kappa shape index (κ3) is 10.4. The second-order valence-corrected chi connectivity index (χ2v) is 17.0. The highest BCUT2D eigenvalue weighted by molar-refractivity contribution is 5.98. The van der Waals surface area contributed by atoms with Gasteiger partial charge in [-0.2, -0.15) is 31.4 Å². The van der Waals surface area contributed by atoms with Crippen LogP contribution in [0.2, 0.25) is 0 Å². The van der Waals surface area contributed by atoms with Gasteiger partial charge in [-0.25, -0.2) is 9.78 Å². The first kappa shape index (κ1) is 47.7. The monoisotopic (exact) mass is 898 g/mol. The number of carboxylic acids is 1. The lowest BCUT2D eigenvalue weighted by molar-refractivity contribution is -0.311. The third-order valence-corrected chi connectivity index (χ3v) is 12.4. The van der Waals surface area contributed by atoms with Gasteiger partial charge in [0.2, 0.25) is 17.6 Å². The van der Waals surface area contributed by atoms with Gasteiger partial charge >= 0.3 is 23.7 Å². The number of anilines is 1. The molecule has 344 valence electrons. The number of hydrogen-bond acceptors (Lipinski definition) is 8. The highest BCUT2D eigenvalue weighted by atomic mass is 19.3. The molecule has 1 atom stereocenters. The number of carbonyl (C=O) groups is 4. The third-order valence-electron chi connectivity index (χ3n) is 12.4. The second-order valence-electron chi connectivity index (χ2n) is 17.0. The lowest BCUT2D eigenvalue weighted by atomic mass is 9.81. The van der Waals surface area contributed by atoms with Crippen LogP contribution in [0.4, 0.5) is 32.0 Å². The molecule has 7 N–H and O–H groups in total. The minimum atomic E-state index is -6.37. The van der Waals surface area contributed by atoms with Crippen molar-refractivity contribution in [2.45, 2.75) is 101 Å². The molecular formula is C45H52F6N8O5. The van der Waals surface area contributed by atoms with Crippen LogP contribution in [-0.2, 0) is 26.7 Å².